The zero-order valence-electron chi connectivity index (χ0n) is 14.9. The molecule has 2 saturated heterocycles. The van der Waals surface area contributed by atoms with Gasteiger partial charge in [-0.2, -0.15) is 0 Å². The lowest BCUT2D eigenvalue weighted by Gasteiger charge is -2.38. The molecule has 1 atom stereocenters. The number of piperidine rings is 1. The third kappa shape index (κ3) is 4.28. The lowest BCUT2D eigenvalue weighted by Crippen LogP contribution is -2.51. The van der Waals surface area contributed by atoms with Gasteiger partial charge in [-0.05, 0) is 50.8 Å². The Morgan fingerprint density at radius 3 is 2.60 bits per heavy atom. The zero-order chi connectivity index (χ0) is 17.8. The topological polar surface area (TPSA) is 66.6 Å². The number of hydrogen-bond donors (Lipinski definition) is 1. The Hall–Kier alpha value is -2.14. The number of primary amides is 1. The number of benzene rings is 1. The lowest BCUT2D eigenvalue weighted by molar-refractivity contribution is -0.129. The predicted octanol–water partition coefficient (Wildman–Crippen LogP) is 1.95. The van der Waals surface area contributed by atoms with E-state index in [9.17, 15) is 9.59 Å². The van der Waals surface area contributed by atoms with Crippen LogP contribution in [-0.2, 0) is 9.59 Å². The first-order chi connectivity index (χ1) is 12.0. The monoisotopic (exact) mass is 341 g/mol. The Labute approximate surface area is 149 Å². The van der Waals surface area contributed by atoms with Crippen molar-refractivity contribution < 1.29 is 9.59 Å². The van der Waals surface area contributed by atoms with Crippen molar-refractivity contribution in [1.82, 2.24) is 9.80 Å². The number of aryl methyl sites for hydroxylation is 1. The Morgan fingerprint density at radius 2 is 1.92 bits per heavy atom. The summed E-state index contributed by atoms with van der Waals surface area (Å²) in [5.74, 6) is -0.148. The van der Waals surface area contributed by atoms with Crippen molar-refractivity contribution in [3.8, 4) is 0 Å². The summed E-state index contributed by atoms with van der Waals surface area (Å²) in [4.78, 5) is 28.1. The first kappa shape index (κ1) is 17.7. The van der Waals surface area contributed by atoms with Gasteiger partial charge in [0.2, 0.25) is 11.8 Å². The van der Waals surface area contributed by atoms with E-state index in [2.05, 4.69) is 11.0 Å². The summed E-state index contributed by atoms with van der Waals surface area (Å²) < 4.78 is 0. The van der Waals surface area contributed by atoms with Crippen molar-refractivity contribution >= 4 is 17.9 Å². The highest BCUT2D eigenvalue weighted by molar-refractivity contribution is 5.91. The predicted molar refractivity (Wildman–Crippen MR) is 98.7 cm³/mol. The van der Waals surface area contributed by atoms with Gasteiger partial charge in [-0.15, -0.1) is 0 Å². The SMILES string of the molecule is Cc1cccc(C=CC(=O)N2CCC(N3CCCC3C(N)=O)CC2)c1. The minimum absolute atomic E-state index is 0.0628. The Bertz CT molecular complexity index is 663. The maximum absolute atomic E-state index is 12.4. The molecule has 2 N–H and O–H groups in total. The lowest BCUT2D eigenvalue weighted by atomic mass is 10.0. The normalized spacial score (nSPS) is 22.6. The highest BCUT2D eigenvalue weighted by atomic mass is 16.2. The molecule has 134 valence electrons. The van der Waals surface area contributed by atoms with Crippen molar-refractivity contribution in [1.29, 1.82) is 0 Å². The van der Waals surface area contributed by atoms with E-state index in [1.165, 1.54) is 5.56 Å². The zero-order valence-corrected chi connectivity index (χ0v) is 14.9. The molecule has 0 aliphatic carbocycles. The van der Waals surface area contributed by atoms with Crippen LogP contribution in [0.25, 0.3) is 6.08 Å². The van der Waals surface area contributed by atoms with Crippen molar-refractivity contribution in [3.63, 3.8) is 0 Å². The molecule has 1 aromatic carbocycles. The van der Waals surface area contributed by atoms with Crippen molar-refractivity contribution in [3.05, 3.63) is 41.5 Å². The molecule has 1 unspecified atom stereocenters. The van der Waals surface area contributed by atoms with Crippen LogP contribution >= 0.6 is 0 Å². The maximum atomic E-state index is 12.4. The van der Waals surface area contributed by atoms with Gasteiger partial charge in [-0.1, -0.05) is 29.8 Å². The van der Waals surface area contributed by atoms with Crippen LogP contribution in [0.4, 0.5) is 0 Å². The molecule has 2 aliphatic rings. The fourth-order valence-electron chi connectivity index (χ4n) is 4.00. The molecule has 2 amide bonds. The highest BCUT2D eigenvalue weighted by Crippen LogP contribution is 2.26. The minimum Gasteiger partial charge on any atom is -0.368 e. The molecule has 3 rings (SSSR count). The van der Waals surface area contributed by atoms with Crippen LogP contribution in [0.3, 0.4) is 0 Å². The number of carbonyl (C=O) groups excluding carboxylic acids is 2. The molecule has 0 saturated carbocycles. The Morgan fingerprint density at radius 1 is 1.16 bits per heavy atom. The number of nitrogens with two attached hydrogens (primary N) is 1. The molecule has 1 aromatic rings. The van der Waals surface area contributed by atoms with Gasteiger partial charge in [0.25, 0.3) is 0 Å². The van der Waals surface area contributed by atoms with Crippen LogP contribution in [-0.4, -0.2) is 53.3 Å². The summed E-state index contributed by atoms with van der Waals surface area (Å²) in [6, 6.07) is 8.35. The fraction of sp³-hybridized carbons (Fsp3) is 0.500. The number of hydrogen-bond acceptors (Lipinski definition) is 3. The van der Waals surface area contributed by atoms with Gasteiger partial charge in [0.05, 0.1) is 6.04 Å². The van der Waals surface area contributed by atoms with E-state index >= 15 is 0 Å². The molecule has 0 spiro atoms. The summed E-state index contributed by atoms with van der Waals surface area (Å²) in [7, 11) is 0. The summed E-state index contributed by atoms with van der Waals surface area (Å²) in [6.07, 6.45) is 7.27. The van der Waals surface area contributed by atoms with Crippen LogP contribution in [0, 0.1) is 6.92 Å². The average Bonchev–Trinajstić information content (AvgIpc) is 3.10. The van der Waals surface area contributed by atoms with Gasteiger partial charge in [-0.25, -0.2) is 0 Å². The molecule has 0 radical (unpaired) electrons. The molecule has 25 heavy (non-hydrogen) atoms. The summed E-state index contributed by atoms with van der Waals surface area (Å²) in [5.41, 5.74) is 7.75. The molecule has 5 nitrogen and oxygen atoms in total. The average molecular weight is 341 g/mol. The van der Waals surface area contributed by atoms with E-state index in [1.807, 2.05) is 36.1 Å². The number of nitrogens with zero attached hydrogens (tertiary/aromatic N) is 2. The van der Waals surface area contributed by atoms with Gasteiger partial charge >= 0.3 is 0 Å². The fourth-order valence-corrected chi connectivity index (χ4v) is 4.00. The van der Waals surface area contributed by atoms with E-state index in [1.54, 1.807) is 6.08 Å². The van der Waals surface area contributed by atoms with Gasteiger partial charge in [0, 0.05) is 25.2 Å². The van der Waals surface area contributed by atoms with E-state index in [-0.39, 0.29) is 17.9 Å². The molecule has 0 bridgehead atoms. The van der Waals surface area contributed by atoms with E-state index < -0.39 is 0 Å². The first-order valence-electron chi connectivity index (χ1n) is 9.13. The quantitative estimate of drug-likeness (QED) is 0.851. The second-order valence-corrected chi connectivity index (χ2v) is 7.10. The van der Waals surface area contributed by atoms with Crippen molar-refractivity contribution in [2.45, 2.75) is 44.7 Å². The highest BCUT2D eigenvalue weighted by Gasteiger charge is 2.35. The van der Waals surface area contributed by atoms with Crippen molar-refractivity contribution in [2.24, 2.45) is 5.73 Å². The van der Waals surface area contributed by atoms with Gasteiger partial charge < -0.3 is 10.6 Å². The number of likely N-dealkylation sites (tertiary alicyclic amines) is 2. The van der Waals surface area contributed by atoms with Gasteiger partial charge in [0.1, 0.15) is 0 Å². The molecular formula is C20H27N3O2. The molecular weight excluding hydrogens is 314 g/mol. The van der Waals surface area contributed by atoms with E-state index in [0.29, 0.717) is 6.04 Å². The smallest absolute Gasteiger partial charge is 0.246 e. The maximum Gasteiger partial charge on any atom is 0.246 e. The standard InChI is InChI=1S/C20H27N3O2/c1-15-4-2-5-16(14-15)7-8-19(24)22-12-9-17(10-13-22)23-11-3-6-18(23)20(21)25/h2,4-5,7-8,14,17-18H,3,6,9-13H2,1H3,(H2,21,25). The van der Waals surface area contributed by atoms with E-state index in [0.717, 1.165) is 50.9 Å². The van der Waals surface area contributed by atoms with Crippen LogP contribution < -0.4 is 5.73 Å². The summed E-state index contributed by atoms with van der Waals surface area (Å²) >= 11 is 0. The largest absolute Gasteiger partial charge is 0.368 e. The summed E-state index contributed by atoms with van der Waals surface area (Å²) in [5, 5.41) is 0. The molecule has 2 aliphatic heterocycles. The second-order valence-electron chi connectivity index (χ2n) is 7.10. The van der Waals surface area contributed by atoms with Gasteiger partial charge in [-0.3, -0.25) is 14.5 Å². The minimum atomic E-state index is -0.211. The molecule has 2 heterocycles. The molecule has 2 fully saturated rings. The molecule has 5 heteroatoms. The van der Waals surface area contributed by atoms with Crippen LogP contribution in [0.5, 0.6) is 0 Å². The second kappa shape index (κ2) is 7.83. The van der Waals surface area contributed by atoms with Crippen molar-refractivity contribution in [2.75, 3.05) is 19.6 Å². The van der Waals surface area contributed by atoms with Crippen LogP contribution in [0.2, 0.25) is 0 Å². The Balaban J connectivity index is 1.53. The summed E-state index contributed by atoms with van der Waals surface area (Å²) in [6.45, 7) is 4.47. The molecule has 0 aromatic heterocycles. The number of rotatable bonds is 4. The van der Waals surface area contributed by atoms with E-state index in [4.69, 9.17) is 5.73 Å². The van der Waals surface area contributed by atoms with Crippen LogP contribution in [0.1, 0.15) is 36.8 Å². The van der Waals surface area contributed by atoms with Gasteiger partial charge in [0.15, 0.2) is 0 Å². The first-order valence-corrected chi connectivity index (χ1v) is 9.13. The van der Waals surface area contributed by atoms with Crippen LogP contribution in [0.15, 0.2) is 30.3 Å². The Kier molecular flexibility index (Phi) is 5.53. The third-order valence-electron chi connectivity index (χ3n) is 5.33. The number of amides is 2. The number of carbonyl (C=O) groups is 2. The third-order valence-corrected chi connectivity index (χ3v) is 5.33.